The Morgan fingerprint density at radius 2 is 2.11 bits per heavy atom. The van der Waals surface area contributed by atoms with Crippen molar-refractivity contribution >= 4 is 11.7 Å². The van der Waals surface area contributed by atoms with Gasteiger partial charge in [-0.05, 0) is 45.7 Å². The number of hydrogen-bond acceptors (Lipinski definition) is 4. The molecule has 152 valence electrons. The highest BCUT2D eigenvalue weighted by Crippen LogP contribution is 2.39. The zero-order valence-electron chi connectivity index (χ0n) is 17.4. The highest BCUT2D eigenvalue weighted by atomic mass is 15.3. The van der Waals surface area contributed by atoms with Gasteiger partial charge in [-0.3, -0.25) is 5.10 Å². The van der Waals surface area contributed by atoms with Crippen LogP contribution in [0.1, 0.15) is 57.1 Å². The van der Waals surface area contributed by atoms with E-state index < -0.39 is 0 Å². The van der Waals surface area contributed by atoms with Crippen molar-refractivity contribution in [2.75, 3.05) is 38.5 Å². The van der Waals surface area contributed by atoms with Gasteiger partial charge in [-0.1, -0.05) is 25.5 Å². The first-order chi connectivity index (χ1) is 13.6. The molecule has 3 fully saturated rings. The molecule has 1 spiro atoms. The molecule has 1 saturated carbocycles. The molecule has 0 bridgehead atoms. The maximum Gasteiger partial charge on any atom is 0.153 e. The smallest absolute Gasteiger partial charge is 0.153 e. The average molecular weight is 383 g/mol. The third-order valence-corrected chi connectivity index (χ3v) is 6.46. The van der Waals surface area contributed by atoms with Crippen LogP contribution in [-0.2, 0) is 0 Å². The summed E-state index contributed by atoms with van der Waals surface area (Å²) in [4.78, 5) is 9.58. The van der Waals surface area contributed by atoms with Crippen LogP contribution >= 0.6 is 0 Å². The summed E-state index contributed by atoms with van der Waals surface area (Å²) in [7, 11) is 2.20. The predicted molar refractivity (Wildman–Crippen MR) is 116 cm³/mol. The molecule has 6 nitrogen and oxygen atoms in total. The lowest BCUT2D eigenvalue weighted by molar-refractivity contribution is -0.0310. The Bertz CT molecular complexity index is 743. The van der Waals surface area contributed by atoms with Gasteiger partial charge in [-0.25, -0.2) is 4.99 Å². The average Bonchev–Trinajstić information content (AvgIpc) is 3.32. The topological polar surface area (TPSA) is 59.6 Å². The number of nitrogens with zero attached hydrogens (tertiary/aromatic N) is 4. The van der Waals surface area contributed by atoms with Gasteiger partial charge >= 0.3 is 0 Å². The van der Waals surface area contributed by atoms with Crippen LogP contribution in [0.4, 0.5) is 5.82 Å². The van der Waals surface area contributed by atoms with E-state index in [0.29, 0.717) is 11.3 Å². The minimum atomic E-state index is 0.442. The minimum Gasteiger partial charge on any atom is -0.356 e. The molecule has 0 unspecified atom stereocenters. The normalized spacial score (nSPS) is 23.5. The van der Waals surface area contributed by atoms with Gasteiger partial charge in [0.2, 0.25) is 0 Å². The molecule has 1 aliphatic carbocycles. The van der Waals surface area contributed by atoms with Crippen molar-refractivity contribution in [2.45, 2.75) is 51.4 Å². The van der Waals surface area contributed by atoms with Crippen LogP contribution in [0.15, 0.2) is 35.6 Å². The van der Waals surface area contributed by atoms with Crippen LogP contribution in [-0.4, -0.2) is 59.1 Å². The highest BCUT2D eigenvalue weighted by Gasteiger charge is 2.44. The zero-order chi connectivity index (χ0) is 19.6. The summed E-state index contributed by atoms with van der Waals surface area (Å²) in [6.45, 7) is 10.8. The van der Waals surface area contributed by atoms with E-state index in [9.17, 15) is 0 Å². The SMILES string of the molecule is C=C(/N=C(\C=C/C)Nc1cc(C2CCCC2)[nH]n1)N1CCCC2(CN(C)C2)C1. The number of rotatable bonds is 5. The summed E-state index contributed by atoms with van der Waals surface area (Å²) in [5, 5.41) is 11.0. The van der Waals surface area contributed by atoms with E-state index in [4.69, 9.17) is 4.99 Å². The molecule has 6 heteroatoms. The molecule has 0 amide bonds. The first-order valence-corrected chi connectivity index (χ1v) is 10.7. The van der Waals surface area contributed by atoms with Crippen molar-refractivity contribution in [1.29, 1.82) is 0 Å². The fourth-order valence-corrected chi connectivity index (χ4v) is 5.24. The Morgan fingerprint density at radius 3 is 2.82 bits per heavy atom. The van der Waals surface area contributed by atoms with E-state index in [2.05, 4.69) is 45.0 Å². The van der Waals surface area contributed by atoms with Crippen molar-refractivity contribution in [1.82, 2.24) is 20.0 Å². The molecule has 3 aliphatic rings. The number of aromatic nitrogens is 2. The summed E-state index contributed by atoms with van der Waals surface area (Å²) in [5.41, 5.74) is 1.68. The predicted octanol–water partition coefficient (Wildman–Crippen LogP) is 3.95. The Labute approximate surface area is 168 Å². The Hall–Kier alpha value is -2.08. The lowest BCUT2D eigenvalue weighted by Crippen LogP contribution is -2.61. The van der Waals surface area contributed by atoms with Gasteiger partial charge in [0, 0.05) is 49.3 Å². The van der Waals surface area contributed by atoms with Crippen LogP contribution in [0.5, 0.6) is 0 Å². The molecule has 0 atom stereocenters. The second kappa shape index (κ2) is 8.11. The number of nitrogens with one attached hydrogen (secondary N) is 2. The molecule has 2 aliphatic heterocycles. The van der Waals surface area contributed by atoms with Crippen LogP contribution in [0.3, 0.4) is 0 Å². The van der Waals surface area contributed by atoms with E-state index in [1.54, 1.807) is 0 Å². The van der Waals surface area contributed by atoms with Crippen molar-refractivity contribution in [2.24, 2.45) is 10.4 Å². The number of piperidine rings is 1. The van der Waals surface area contributed by atoms with E-state index >= 15 is 0 Å². The van der Waals surface area contributed by atoms with Gasteiger partial charge in [-0.15, -0.1) is 0 Å². The van der Waals surface area contributed by atoms with Crippen molar-refractivity contribution in [3.05, 3.63) is 36.3 Å². The number of likely N-dealkylation sites (tertiary alicyclic amines) is 2. The molecular weight excluding hydrogens is 348 g/mol. The number of anilines is 1. The van der Waals surface area contributed by atoms with Crippen molar-refractivity contribution in [3.8, 4) is 0 Å². The van der Waals surface area contributed by atoms with E-state index in [1.807, 2.05) is 19.1 Å². The van der Waals surface area contributed by atoms with Gasteiger partial charge in [0.1, 0.15) is 11.7 Å². The first-order valence-electron chi connectivity index (χ1n) is 10.7. The lowest BCUT2D eigenvalue weighted by Gasteiger charge is -2.54. The molecule has 1 aromatic heterocycles. The van der Waals surface area contributed by atoms with Crippen LogP contribution in [0, 0.1) is 5.41 Å². The molecule has 3 heterocycles. The van der Waals surface area contributed by atoms with Crippen LogP contribution in [0.2, 0.25) is 0 Å². The lowest BCUT2D eigenvalue weighted by atomic mass is 9.73. The third kappa shape index (κ3) is 4.17. The maximum absolute atomic E-state index is 4.82. The van der Waals surface area contributed by atoms with Crippen LogP contribution in [0.25, 0.3) is 0 Å². The Morgan fingerprint density at radius 1 is 1.32 bits per heavy atom. The van der Waals surface area contributed by atoms with Crippen LogP contribution < -0.4 is 5.32 Å². The number of amidine groups is 1. The molecular formula is C22H34N6. The van der Waals surface area contributed by atoms with E-state index in [1.165, 1.54) is 57.3 Å². The molecule has 4 rings (SSSR count). The van der Waals surface area contributed by atoms with Crippen molar-refractivity contribution < 1.29 is 0 Å². The summed E-state index contributed by atoms with van der Waals surface area (Å²) in [6, 6.07) is 2.14. The molecule has 1 aromatic rings. The van der Waals surface area contributed by atoms with Gasteiger partial charge in [-0.2, -0.15) is 5.10 Å². The Kier molecular flexibility index (Phi) is 5.58. The molecule has 28 heavy (non-hydrogen) atoms. The second-order valence-electron chi connectivity index (χ2n) is 8.93. The zero-order valence-corrected chi connectivity index (χ0v) is 17.4. The Balaban J connectivity index is 1.42. The summed E-state index contributed by atoms with van der Waals surface area (Å²) >= 11 is 0. The molecule has 2 saturated heterocycles. The van der Waals surface area contributed by atoms with Gasteiger partial charge < -0.3 is 15.1 Å². The summed E-state index contributed by atoms with van der Waals surface area (Å²) in [6.07, 6.45) is 11.7. The maximum atomic E-state index is 4.82. The number of aromatic amines is 1. The third-order valence-electron chi connectivity index (χ3n) is 6.46. The fraction of sp³-hybridized carbons (Fsp3) is 0.636. The fourth-order valence-electron chi connectivity index (χ4n) is 5.24. The van der Waals surface area contributed by atoms with E-state index in [-0.39, 0.29) is 0 Å². The largest absolute Gasteiger partial charge is 0.356 e. The molecule has 0 aromatic carbocycles. The number of allylic oxidation sites excluding steroid dienone is 1. The highest BCUT2D eigenvalue weighted by molar-refractivity contribution is 6.03. The molecule has 2 N–H and O–H groups in total. The van der Waals surface area contributed by atoms with Gasteiger partial charge in [0.05, 0.1) is 0 Å². The van der Waals surface area contributed by atoms with E-state index in [0.717, 1.165) is 30.6 Å². The number of hydrogen-bond donors (Lipinski definition) is 2. The minimum absolute atomic E-state index is 0.442. The summed E-state index contributed by atoms with van der Waals surface area (Å²) < 4.78 is 0. The number of aliphatic imine (C=N–C) groups is 1. The first kappa shape index (κ1) is 19.2. The second-order valence-corrected chi connectivity index (χ2v) is 8.93. The van der Waals surface area contributed by atoms with Gasteiger partial charge in [0.15, 0.2) is 5.82 Å². The monoisotopic (exact) mass is 382 g/mol. The molecule has 0 radical (unpaired) electrons. The summed E-state index contributed by atoms with van der Waals surface area (Å²) in [5.74, 6) is 3.11. The number of H-pyrrole nitrogens is 1. The van der Waals surface area contributed by atoms with Gasteiger partial charge in [0.25, 0.3) is 0 Å². The van der Waals surface area contributed by atoms with Crippen molar-refractivity contribution in [3.63, 3.8) is 0 Å². The standard InChI is InChI=1S/C22H34N6/c1-4-8-20(24-21-13-19(25-26-21)18-9-5-6-10-18)23-17(2)28-12-7-11-22(16-28)14-27(3)15-22/h4,8,13,18H,2,5-7,9-12,14-16H2,1,3H3,(H2,23,24,25,26)/b8-4-. The quantitative estimate of drug-likeness (QED) is 0.598.